The van der Waals surface area contributed by atoms with Gasteiger partial charge < -0.3 is 10.2 Å². The first-order chi connectivity index (χ1) is 11.6. The molecule has 0 bridgehead atoms. The molecule has 0 spiro atoms. The van der Waals surface area contributed by atoms with E-state index in [0.29, 0.717) is 18.9 Å². The molecule has 24 heavy (non-hydrogen) atoms. The molecule has 1 heterocycles. The molecule has 1 aliphatic carbocycles. The van der Waals surface area contributed by atoms with Crippen molar-refractivity contribution in [3.05, 3.63) is 35.4 Å². The van der Waals surface area contributed by atoms with E-state index in [2.05, 4.69) is 29.6 Å². The fourth-order valence-corrected chi connectivity index (χ4v) is 4.09. The van der Waals surface area contributed by atoms with Gasteiger partial charge in [0.05, 0.1) is 12.0 Å². The smallest absolute Gasteiger partial charge is 0.225 e. The van der Waals surface area contributed by atoms with Crippen molar-refractivity contribution in [2.45, 2.75) is 64.0 Å². The Morgan fingerprint density at radius 1 is 1.08 bits per heavy atom. The molecule has 1 aromatic rings. The summed E-state index contributed by atoms with van der Waals surface area (Å²) < 4.78 is 0. The van der Waals surface area contributed by atoms with Crippen LogP contribution in [0.4, 0.5) is 0 Å². The summed E-state index contributed by atoms with van der Waals surface area (Å²) in [5.74, 6) is 0.0893. The number of rotatable bonds is 3. The van der Waals surface area contributed by atoms with Crippen LogP contribution in [0, 0.1) is 12.8 Å². The maximum absolute atomic E-state index is 12.9. The van der Waals surface area contributed by atoms with Gasteiger partial charge in [-0.3, -0.25) is 9.59 Å². The van der Waals surface area contributed by atoms with Gasteiger partial charge in [-0.15, -0.1) is 0 Å². The fourth-order valence-electron chi connectivity index (χ4n) is 4.09. The molecule has 2 atom stereocenters. The standard InChI is InChI=1S/C20H28N2O2/c1-14-8-10-15(11-9-14)19-17(12-13-18(23)22(19)2)20(24)21-16-6-4-3-5-7-16/h8-11,16-17,19H,3-7,12-13H2,1-2H3,(H,21,24)/t17-,19-/m0/s1. The highest BCUT2D eigenvalue weighted by molar-refractivity contribution is 5.85. The van der Waals surface area contributed by atoms with Crippen LogP contribution in [-0.4, -0.2) is 29.8 Å². The number of amides is 2. The van der Waals surface area contributed by atoms with Crippen molar-refractivity contribution >= 4 is 11.8 Å². The van der Waals surface area contributed by atoms with Crippen molar-refractivity contribution in [1.29, 1.82) is 0 Å². The molecule has 2 fully saturated rings. The van der Waals surface area contributed by atoms with Crippen LogP contribution in [-0.2, 0) is 9.59 Å². The normalized spacial score (nSPS) is 25.6. The molecule has 2 amide bonds. The molecular weight excluding hydrogens is 300 g/mol. The highest BCUT2D eigenvalue weighted by Gasteiger charge is 2.39. The number of hydrogen-bond donors (Lipinski definition) is 1. The van der Waals surface area contributed by atoms with Crippen LogP contribution in [0.1, 0.15) is 62.1 Å². The molecule has 0 radical (unpaired) electrons. The van der Waals surface area contributed by atoms with E-state index in [0.717, 1.165) is 18.4 Å². The second-order valence-corrected chi connectivity index (χ2v) is 7.35. The highest BCUT2D eigenvalue weighted by atomic mass is 16.2. The third-order valence-electron chi connectivity index (χ3n) is 5.57. The Kier molecular flexibility index (Phi) is 5.22. The van der Waals surface area contributed by atoms with Gasteiger partial charge in [-0.1, -0.05) is 49.1 Å². The van der Waals surface area contributed by atoms with Gasteiger partial charge in [0.1, 0.15) is 0 Å². The molecule has 4 heteroatoms. The lowest BCUT2D eigenvalue weighted by Gasteiger charge is -2.39. The van der Waals surface area contributed by atoms with Crippen LogP contribution < -0.4 is 5.32 Å². The molecule has 0 unspecified atom stereocenters. The summed E-state index contributed by atoms with van der Waals surface area (Å²) in [6, 6.07) is 8.37. The number of benzene rings is 1. The van der Waals surface area contributed by atoms with Gasteiger partial charge in [-0.2, -0.15) is 0 Å². The second kappa shape index (κ2) is 7.37. The molecule has 1 saturated carbocycles. The predicted molar refractivity (Wildman–Crippen MR) is 94.4 cm³/mol. The fraction of sp³-hybridized carbons (Fsp3) is 0.600. The quantitative estimate of drug-likeness (QED) is 0.925. The monoisotopic (exact) mass is 328 g/mol. The lowest BCUT2D eigenvalue weighted by molar-refractivity contribution is -0.142. The Morgan fingerprint density at radius 2 is 1.75 bits per heavy atom. The van der Waals surface area contributed by atoms with Crippen LogP contribution in [0.15, 0.2) is 24.3 Å². The Bertz CT molecular complexity index is 590. The van der Waals surface area contributed by atoms with Gasteiger partial charge in [0.2, 0.25) is 11.8 Å². The molecule has 0 aromatic heterocycles. The number of nitrogens with one attached hydrogen (secondary N) is 1. The SMILES string of the molecule is Cc1ccc([C@H]2[C@@H](C(=O)NC3CCCCC3)CCC(=O)N2C)cc1. The summed E-state index contributed by atoms with van der Waals surface area (Å²) in [6.07, 6.45) is 6.95. The minimum atomic E-state index is -0.157. The predicted octanol–water partition coefficient (Wildman–Crippen LogP) is 3.35. The zero-order valence-corrected chi connectivity index (χ0v) is 14.8. The van der Waals surface area contributed by atoms with E-state index in [1.54, 1.807) is 4.90 Å². The minimum Gasteiger partial charge on any atom is -0.353 e. The van der Waals surface area contributed by atoms with E-state index in [1.165, 1.54) is 24.8 Å². The summed E-state index contributed by atoms with van der Waals surface area (Å²) in [5.41, 5.74) is 2.24. The number of piperidine rings is 1. The van der Waals surface area contributed by atoms with E-state index in [9.17, 15) is 9.59 Å². The minimum absolute atomic E-state index is 0.117. The molecule has 3 rings (SSSR count). The van der Waals surface area contributed by atoms with Gasteiger partial charge >= 0.3 is 0 Å². The molecule has 1 aliphatic heterocycles. The first-order valence-electron chi connectivity index (χ1n) is 9.19. The third-order valence-corrected chi connectivity index (χ3v) is 5.57. The van der Waals surface area contributed by atoms with Gasteiger partial charge in [-0.25, -0.2) is 0 Å². The zero-order valence-electron chi connectivity index (χ0n) is 14.8. The van der Waals surface area contributed by atoms with E-state index in [4.69, 9.17) is 0 Å². The molecule has 1 N–H and O–H groups in total. The maximum atomic E-state index is 12.9. The van der Waals surface area contributed by atoms with Crippen LogP contribution in [0.2, 0.25) is 0 Å². The summed E-state index contributed by atoms with van der Waals surface area (Å²) >= 11 is 0. The average molecular weight is 328 g/mol. The highest BCUT2D eigenvalue weighted by Crippen LogP contribution is 2.36. The second-order valence-electron chi connectivity index (χ2n) is 7.35. The van der Waals surface area contributed by atoms with Gasteiger partial charge in [0.25, 0.3) is 0 Å². The number of aryl methyl sites for hydroxylation is 1. The largest absolute Gasteiger partial charge is 0.353 e. The molecule has 1 saturated heterocycles. The van der Waals surface area contributed by atoms with Crippen molar-refractivity contribution in [2.24, 2.45) is 5.92 Å². The first-order valence-corrected chi connectivity index (χ1v) is 9.19. The van der Waals surface area contributed by atoms with E-state index in [1.807, 2.05) is 14.0 Å². The summed E-state index contributed by atoms with van der Waals surface area (Å²) in [5, 5.41) is 3.26. The van der Waals surface area contributed by atoms with E-state index >= 15 is 0 Å². The average Bonchev–Trinajstić information content (AvgIpc) is 2.59. The molecule has 1 aromatic carbocycles. The Labute approximate surface area is 144 Å². The van der Waals surface area contributed by atoms with Crippen LogP contribution >= 0.6 is 0 Å². The number of carbonyl (C=O) groups excluding carboxylic acids is 2. The molecule has 2 aliphatic rings. The zero-order chi connectivity index (χ0) is 17.1. The maximum Gasteiger partial charge on any atom is 0.225 e. The van der Waals surface area contributed by atoms with Gasteiger partial charge in [0, 0.05) is 19.5 Å². The summed E-state index contributed by atoms with van der Waals surface area (Å²) in [6.45, 7) is 2.05. The van der Waals surface area contributed by atoms with Crippen LogP contribution in [0.5, 0.6) is 0 Å². The van der Waals surface area contributed by atoms with Crippen molar-refractivity contribution < 1.29 is 9.59 Å². The van der Waals surface area contributed by atoms with Crippen LogP contribution in [0.25, 0.3) is 0 Å². The van der Waals surface area contributed by atoms with Crippen molar-refractivity contribution in [1.82, 2.24) is 10.2 Å². The number of nitrogens with zero attached hydrogens (tertiary/aromatic N) is 1. The van der Waals surface area contributed by atoms with Gasteiger partial charge in [-0.05, 0) is 31.7 Å². The Hall–Kier alpha value is -1.84. The summed E-state index contributed by atoms with van der Waals surface area (Å²) in [7, 11) is 1.83. The molecular formula is C20H28N2O2. The Balaban J connectivity index is 1.79. The lowest BCUT2D eigenvalue weighted by atomic mass is 9.83. The first kappa shape index (κ1) is 17.0. The lowest BCUT2D eigenvalue weighted by Crippen LogP contribution is -2.48. The van der Waals surface area contributed by atoms with E-state index in [-0.39, 0.29) is 23.8 Å². The number of hydrogen-bond acceptors (Lipinski definition) is 2. The van der Waals surface area contributed by atoms with Crippen molar-refractivity contribution in [2.75, 3.05) is 7.05 Å². The number of likely N-dealkylation sites (tertiary alicyclic amines) is 1. The third kappa shape index (κ3) is 3.63. The van der Waals surface area contributed by atoms with Gasteiger partial charge in [0.15, 0.2) is 0 Å². The molecule has 4 nitrogen and oxygen atoms in total. The van der Waals surface area contributed by atoms with E-state index < -0.39 is 0 Å². The molecule has 130 valence electrons. The Morgan fingerprint density at radius 3 is 2.42 bits per heavy atom. The van der Waals surface area contributed by atoms with Crippen LogP contribution in [0.3, 0.4) is 0 Å². The summed E-state index contributed by atoms with van der Waals surface area (Å²) in [4.78, 5) is 26.9. The topological polar surface area (TPSA) is 49.4 Å². The van der Waals surface area contributed by atoms with Crippen molar-refractivity contribution in [3.63, 3.8) is 0 Å². The van der Waals surface area contributed by atoms with Crippen molar-refractivity contribution in [3.8, 4) is 0 Å². The number of carbonyl (C=O) groups is 2.